The molecule has 0 radical (unpaired) electrons. The number of fused-ring (bicyclic) bond motifs is 1. The molecule has 0 aromatic rings. The molecule has 5 atom stereocenters. The van der Waals surface area contributed by atoms with Gasteiger partial charge in [0.25, 0.3) is 0 Å². The van der Waals surface area contributed by atoms with E-state index in [4.69, 9.17) is 0 Å². The Labute approximate surface area is 93.3 Å². The summed E-state index contributed by atoms with van der Waals surface area (Å²) >= 11 is 0. The lowest BCUT2D eigenvalue weighted by molar-refractivity contribution is -0.244. The first-order valence-electron chi connectivity index (χ1n) is 6.69. The van der Waals surface area contributed by atoms with Crippen molar-refractivity contribution in [3.63, 3.8) is 0 Å². The molecule has 4 bridgehead atoms. The first kappa shape index (κ1) is 10.1. The molecule has 0 aromatic heterocycles. The zero-order chi connectivity index (χ0) is 10.8. The Balaban J connectivity index is 2.04. The second-order valence-corrected chi connectivity index (χ2v) is 6.94. The van der Waals surface area contributed by atoms with Crippen molar-refractivity contribution in [2.45, 2.75) is 58.5 Å². The standard InChI is InChI=1S/C14H24O/c1-9-6-7-14(15)12-5-4-10(8-11(9)12)13(14,2)3/h9-12,15H,4-8H2,1-3H3. The van der Waals surface area contributed by atoms with E-state index in [1.807, 2.05) is 0 Å². The summed E-state index contributed by atoms with van der Waals surface area (Å²) < 4.78 is 0. The molecule has 15 heavy (non-hydrogen) atoms. The molecular weight excluding hydrogens is 184 g/mol. The smallest absolute Gasteiger partial charge is 0.0731 e. The highest BCUT2D eigenvalue weighted by atomic mass is 16.3. The van der Waals surface area contributed by atoms with E-state index in [2.05, 4.69) is 20.8 Å². The van der Waals surface area contributed by atoms with Crippen LogP contribution in [0, 0.1) is 29.1 Å². The van der Waals surface area contributed by atoms with Crippen LogP contribution in [0.25, 0.3) is 0 Å². The van der Waals surface area contributed by atoms with Gasteiger partial charge in [0.05, 0.1) is 5.60 Å². The van der Waals surface area contributed by atoms with Crippen LogP contribution in [-0.4, -0.2) is 10.7 Å². The predicted octanol–water partition coefficient (Wildman–Crippen LogP) is 3.22. The molecule has 0 aliphatic heterocycles. The Hall–Kier alpha value is -0.0400. The van der Waals surface area contributed by atoms with Gasteiger partial charge in [-0.1, -0.05) is 20.8 Å². The molecule has 4 aliphatic rings. The average molecular weight is 208 g/mol. The van der Waals surface area contributed by atoms with Gasteiger partial charge in [-0.15, -0.1) is 0 Å². The number of hydrogen-bond acceptors (Lipinski definition) is 1. The van der Waals surface area contributed by atoms with Gasteiger partial charge in [-0.25, -0.2) is 0 Å². The van der Waals surface area contributed by atoms with Gasteiger partial charge in [-0.3, -0.25) is 0 Å². The average Bonchev–Trinajstić information content (AvgIpc) is 2.21. The van der Waals surface area contributed by atoms with Crippen LogP contribution in [0.4, 0.5) is 0 Å². The molecule has 4 rings (SSSR count). The molecule has 0 spiro atoms. The van der Waals surface area contributed by atoms with E-state index in [0.29, 0.717) is 5.92 Å². The third kappa shape index (κ3) is 1.03. The highest BCUT2D eigenvalue weighted by Gasteiger charge is 2.63. The van der Waals surface area contributed by atoms with Crippen molar-refractivity contribution in [2.75, 3.05) is 0 Å². The summed E-state index contributed by atoms with van der Waals surface area (Å²) in [7, 11) is 0. The molecule has 4 saturated carbocycles. The van der Waals surface area contributed by atoms with Gasteiger partial charge in [0, 0.05) is 0 Å². The molecule has 4 aliphatic carbocycles. The maximum atomic E-state index is 11.0. The summed E-state index contributed by atoms with van der Waals surface area (Å²) in [6.45, 7) is 7.03. The van der Waals surface area contributed by atoms with Gasteiger partial charge < -0.3 is 5.11 Å². The van der Waals surface area contributed by atoms with Gasteiger partial charge in [0.1, 0.15) is 0 Å². The SMILES string of the molecule is CC1CCC2(O)C3CCC(CC13)C2(C)C. The number of rotatable bonds is 0. The van der Waals surface area contributed by atoms with E-state index in [0.717, 1.165) is 24.2 Å². The van der Waals surface area contributed by atoms with Crippen molar-refractivity contribution >= 4 is 0 Å². The fourth-order valence-corrected chi connectivity index (χ4v) is 5.08. The van der Waals surface area contributed by atoms with E-state index in [-0.39, 0.29) is 11.0 Å². The third-order valence-electron chi connectivity index (χ3n) is 6.36. The van der Waals surface area contributed by atoms with Crippen molar-refractivity contribution in [1.82, 2.24) is 0 Å². The maximum Gasteiger partial charge on any atom is 0.0731 e. The van der Waals surface area contributed by atoms with E-state index < -0.39 is 0 Å². The first-order valence-corrected chi connectivity index (χ1v) is 6.69. The second kappa shape index (κ2) is 2.80. The first-order chi connectivity index (χ1) is 6.97. The molecule has 4 fully saturated rings. The molecule has 1 nitrogen and oxygen atoms in total. The minimum absolute atomic E-state index is 0.173. The highest BCUT2D eigenvalue weighted by Crippen LogP contribution is 2.65. The topological polar surface area (TPSA) is 20.2 Å². The molecule has 1 heteroatoms. The summed E-state index contributed by atoms with van der Waals surface area (Å²) in [5.41, 5.74) is -0.155. The molecule has 0 saturated heterocycles. The van der Waals surface area contributed by atoms with E-state index in [1.165, 1.54) is 25.7 Å². The van der Waals surface area contributed by atoms with Crippen molar-refractivity contribution in [3.8, 4) is 0 Å². The predicted molar refractivity (Wildman–Crippen MR) is 61.4 cm³/mol. The van der Waals surface area contributed by atoms with Crippen molar-refractivity contribution < 1.29 is 5.11 Å². The lowest BCUT2D eigenvalue weighted by Gasteiger charge is -2.66. The van der Waals surface area contributed by atoms with Crippen molar-refractivity contribution in [1.29, 1.82) is 0 Å². The minimum Gasteiger partial charge on any atom is -0.389 e. The summed E-state index contributed by atoms with van der Waals surface area (Å²) in [6, 6.07) is 0. The quantitative estimate of drug-likeness (QED) is 0.648. The van der Waals surface area contributed by atoms with Gasteiger partial charge in [-0.05, 0) is 61.2 Å². The Morgan fingerprint density at radius 2 is 1.87 bits per heavy atom. The maximum absolute atomic E-state index is 11.0. The minimum atomic E-state index is -0.328. The van der Waals surface area contributed by atoms with Crippen LogP contribution < -0.4 is 0 Å². The highest BCUT2D eigenvalue weighted by molar-refractivity contribution is 5.13. The van der Waals surface area contributed by atoms with E-state index in [9.17, 15) is 5.11 Å². The zero-order valence-corrected chi connectivity index (χ0v) is 10.3. The second-order valence-electron chi connectivity index (χ2n) is 6.94. The Bertz CT molecular complexity index is 283. The fourth-order valence-electron chi connectivity index (χ4n) is 5.08. The van der Waals surface area contributed by atoms with Crippen LogP contribution in [0.15, 0.2) is 0 Å². The molecule has 0 amide bonds. The lowest BCUT2D eigenvalue weighted by atomic mass is 9.41. The zero-order valence-electron chi connectivity index (χ0n) is 10.3. The summed E-state index contributed by atoms with van der Waals surface area (Å²) in [5.74, 6) is 3.08. The normalized spacial score (nSPS) is 56.8. The van der Waals surface area contributed by atoms with E-state index >= 15 is 0 Å². The van der Waals surface area contributed by atoms with Crippen LogP contribution in [-0.2, 0) is 0 Å². The molecule has 0 heterocycles. The van der Waals surface area contributed by atoms with Crippen LogP contribution in [0.3, 0.4) is 0 Å². The fraction of sp³-hybridized carbons (Fsp3) is 1.00. The summed E-state index contributed by atoms with van der Waals surface area (Å²) in [6.07, 6.45) is 6.34. The molecular formula is C14H24O. The monoisotopic (exact) mass is 208 g/mol. The molecule has 86 valence electrons. The van der Waals surface area contributed by atoms with E-state index in [1.54, 1.807) is 0 Å². The van der Waals surface area contributed by atoms with Crippen molar-refractivity contribution in [2.24, 2.45) is 29.1 Å². The van der Waals surface area contributed by atoms with Crippen LogP contribution in [0.2, 0.25) is 0 Å². The van der Waals surface area contributed by atoms with Gasteiger partial charge in [0.2, 0.25) is 0 Å². The molecule has 1 N–H and O–H groups in total. The summed E-state index contributed by atoms with van der Waals surface area (Å²) in [5, 5.41) is 11.0. The van der Waals surface area contributed by atoms with Gasteiger partial charge in [0.15, 0.2) is 0 Å². The Morgan fingerprint density at radius 3 is 2.60 bits per heavy atom. The van der Waals surface area contributed by atoms with Crippen LogP contribution in [0.5, 0.6) is 0 Å². The van der Waals surface area contributed by atoms with Crippen LogP contribution in [0.1, 0.15) is 52.9 Å². The Kier molecular flexibility index (Phi) is 1.89. The molecule has 5 unspecified atom stereocenters. The molecule has 0 aromatic carbocycles. The lowest BCUT2D eigenvalue weighted by Crippen LogP contribution is -2.66. The van der Waals surface area contributed by atoms with Crippen molar-refractivity contribution in [3.05, 3.63) is 0 Å². The summed E-state index contributed by atoms with van der Waals surface area (Å²) in [4.78, 5) is 0. The van der Waals surface area contributed by atoms with Crippen LogP contribution >= 0.6 is 0 Å². The number of aliphatic hydroxyl groups is 1. The Morgan fingerprint density at radius 1 is 1.13 bits per heavy atom. The van der Waals surface area contributed by atoms with Gasteiger partial charge >= 0.3 is 0 Å². The number of hydrogen-bond donors (Lipinski definition) is 1. The largest absolute Gasteiger partial charge is 0.389 e. The van der Waals surface area contributed by atoms with Gasteiger partial charge in [-0.2, -0.15) is 0 Å². The third-order valence-corrected chi connectivity index (χ3v) is 6.36.